The highest BCUT2D eigenvalue weighted by atomic mass is 16.4. The van der Waals surface area contributed by atoms with Gasteiger partial charge in [0.25, 0.3) is 0 Å². The Morgan fingerprint density at radius 1 is 1.12 bits per heavy atom. The maximum atomic E-state index is 11.4. The first-order valence-corrected chi connectivity index (χ1v) is 6.57. The van der Waals surface area contributed by atoms with Crippen LogP contribution in [0.2, 0.25) is 0 Å². The fraction of sp³-hybridized carbons (Fsp3) is 0.846. The molecular weight excluding hydrogens is 218 g/mol. The minimum atomic E-state index is -0.870. The van der Waals surface area contributed by atoms with Gasteiger partial charge >= 0.3 is 5.97 Å². The molecule has 4 heteroatoms. The van der Waals surface area contributed by atoms with Crippen LogP contribution < -0.4 is 5.32 Å². The van der Waals surface area contributed by atoms with Crippen LogP contribution in [0.25, 0.3) is 0 Å². The number of carboxylic acids is 1. The molecule has 2 N–H and O–H groups in total. The third kappa shape index (κ3) is 9.85. The van der Waals surface area contributed by atoms with Gasteiger partial charge in [0.2, 0.25) is 5.91 Å². The second-order valence-corrected chi connectivity index (χ2v) is 4.56. The number of amides is 1. The predicted molar refractivity (Wildman–Crippen MR) is 67.8 cm³/mol. The Morgan fingerprint density at radius 3 is 2.29 bits per heavy atom. The molecule has 0 rings (SSSR count). The van der Waals surface area contributed by atoms with E-state index in [-0.39, 0.29) is 12.5 Å². The van der Waals surface area contributed by atoms with Crippen molar-refractivity contribution in [3.63, 3.8) is 0 Å². The maximum absolute atomic E-state index is 11.4. The van der Waals surface area contributed by atoms with Crippen molar-refractivity contribution in [3.05, 3.63) is 0 Å². The average Bonchev–Trinajstić information content (AvgIpc) is 2.30. The molecule has 0 aliphatic carbocycles. The summed E-state index contributed by atoms with van der Waals surface area (Å²) in [5.41, 5.74) is 0. The van der Waals surface area contributed by atoms with E-state index >= 15 is 0 Å². The summed E-state index contributed by atoms with van der Waals surface area (Å²) in [7, 11) is 0. The summed E-state index contributed by atoms with van der Waals surface area (Å²) < 4.78 is 0. The lowest BCUT2D eigenvalue weighted by atomic mass is 10.1. The SMILES string of the molecule is CCCCCCCCC(=O)NCC(C)C(=O)O. The monoisotopic (exact) mass is 243 g/mol. The standard InChI is InChI=1S/C13H25NO3/c1-3-4-5-6-7-8-9-12(15)14-10-11(2)13(16)17/h11H,3-10H2,1-2H3,(H,14,15)(H,16,17). The number of aliphatic carboxylic acids is 1. The number of rotatable bonds is 10. The molecule has 0 aromatic rings. The van der Waals surface area contributed by atoms with Gasteiger partial charge in [-0.25, -0.2) is 0 Å². The largest absolute Gasteiger partial charge is 0.481 e. The van der Waals surface area contributed by atoms with Gasteiger partial charge in [-0.3, -0.25) is 9.59 Å². The number of nitrogens with one attached hydrogen (secondary N) is 1. The van der Waals surface area contributed by atoms with Gasteiger partial charge < -0.3 is 10.4 Å². The van der Waals surface area contributed by atoms with Gasteiger partial charge in [0.05, 0.1) is 5.92 Å². The van der Waals surface area contributed by atoms with E-state index in [2.05, 4.69) is 12.2 Å². The number of unbranched alkanes of at least 4 members (excludes halogenated alkanes) is 5. The molecule has 1 atom stereocenters. The Labute approximate surface area is 104 Å². The summed E-state index contributed by atoms with van der Waals surface area (Å²) in [6.07, 6.45) is 7.42. The lowest BCUT2D eigenvalue weighted by Gasteiger charge is -2.08. The van der Waals surface area contributed by atoms with Crippen LogP contribution in [0.1, 0.15) is 58.8 Å². The molecule has 0 bridgehead atoms. The predicted octanol–water partition coefficient (Wildman–Crippen LogP) is 2.57. The zero-order valence-corrected chi connectivity index (χ0v) is 11.0. The van der Waals surface area contributed by atoms with Gasteiger partial charge in [0, 0.05) is 13.0 Å². The molecule has 4 nitrogen and oxygen atoms in total. The number of carboxylic acid groups (broad SMARTS) is 1. The minimum absolute atomic E-state index is 0.0337. The Bertz CT molecular complexity index is 229. The van der Waals surface area contributed by atoms with Crippen LogP contribution in [0, 0.1) is 5.92 Å². The highest BCUT2D eigenvalue weighted by molar-refractivity contribution is 5.77. The topological polar surface area (TPSA) is 66.4 Å². The number of carbonyl (C=O) groups excluding carboxylic acids is 1. The van der Waals surface area contributed by atoms with Gasteiger partial charge in [-0.2, -0.15) is 0 Å². The van der Waals surface area contributed by atoms with Crippen LogP contribution >= 0.6 is 0 Å². The van der Waals surface area contributed by atoms with E-state index in [4.69, 9.17) is 5.11 Å². The number of hydrogen-bond donors (Lipinski definition) is 2. The third-order valence-electron chi connectivity index (χ3n) is 2.78. The van der Waals surface area contributed by atoms with Crippen molar-refractivity contribution < 1.29 is 14.7 Å². The van der Waals surface area contributed by atoms with Crippen LogP contribution in [0.5, 0.6) is 0 Å². The summed E-state index contributed by atoms with van der Waals surface area (Å²) in [5, 5.41) is 11.3. The first-order valence-electron chi connectivity index (χ1n) is 6.57. The first-order chi connectivity index (χ1) is 8.07. The Hall–Kier alpha value is -1.06. The quantitative estimate of drug-likeness (QED) is 0.579. The highest BCUT2D eigenvalue weighted by Gasteiger charge is 2.11. The van der Waals surface area contributed by atoms with Crippen LogP contribution in [-0.4, -0.2) is 23.5 Å². The molecule has 100 valence electrons. The van der Waals surface area contributed by atoms with E-state index in [1.807, 2.05) is 0 Å². The van der Waals surface area contributed by atoms with Crippen LogP contribution in [0.15, 0.2) is 0 Å². The number of carbonyl (C=O) groups is 2. The molecule has 0 saturated heterocycles. The molecule has 0 aromatic heterocycles. The number of hydrogen-bond acceptors (Lipinski definition) is 2. The van der Waals surface area contributed by atoms with Gasteiger partial charge in [-0.15, -0.1) is 0 Å². The zero-order chi connectivity index (χ0) is 13.1. The summed E-state index contributed by atoms with van der Waals surface area (Å²) in [4.78, 5) is 21.9. The summed E-state index contributed by atoms with van der Waals surface area (Å²) in [6, 6.07) is 0. The van der Waals surface area contributed by atoms with Gasteiger partial charge in [0.15, 0.2) is 0 Å². The van der Waals surface area contributed by atoms with Crippen molar-refractivity contribution in [2.75, 3.05) is 6.54 Å². The van der Waals surface area contributed by atoms with E-state index in [9.17, 15) is 9.59 Å². The van der Waals surface area contributed by atoms with Crippen LogP contribution in [0.3, 0.4) is 0 Å². The first kappa shape index (κ1) is 15.9. The molecule has 0 saturated carbocycles. The van der Waals surface area contributed by atoms with Crippen molar-refractivity contribution in [2.24, 2.45) is 5.92 Å². The van der Waals surface area contributed by atoms with E-state index in [0.717, 1.165) is 12.8 Å². The van der Waals surface area contributed by atoms with Crippen LogP contribution in [0.4, 0.5) is 0 Å². The summed E-state index contributed by atoms with van der Waals surface area (Å²) in [5.74, 6) is -1.41. The van der Waals surface area contributed by atoms with E-state index in [0.29, 0.717) is 6.42 Å². The highest BCUT2D eigenvalue weighted by Crippen LogP contribution is 2.06. The van der Waals surface area contributed by atoms with Crippen molar-refractivity contribution in [2.45, 2.75) is 58.8 Å². The summed E-state index contributed by atoms with van der Waals surface area (Å²) >= 11 is 0. The summed E-state index contributed by atoms with van der Waals surface area (Å²) in [6.45, 7) is 3.99. The van der Waals surface area contributed by atoms with Crippen molar-refractivity contribution in [1.82, 2.24) is 5.32 Å². The zero-order valence-electron chi connectivity index (χ0n) is 11.0. The molecule has 17 heavy (non-hydrogen) atoms. The fourth-order valence-electron chi connectivity index (χ4n) is 1.51. The molecule has 0 aromatic carbocycles. The van der Waals surface area contributed by atoms with Crippen LogP contribution in [-0.2, 0) is 9.59 Å². The van der Waals surface area contributed by atoms with Crippen molar-refractivity contribution in [1.29, 1.82) is 0 Å². The Kier molecular flexibility index (Phi) is 9.49. The molecule has 0 aliphatic rings. The maximum Gasteiger partial charge on any atom is 0.308 e. The van der Waals surface area contributed by atoms with Crippen molar-refractivity contribution >= 4 is 11.9 Å². The molecular formula is C13H25NO3. The van der Waals surface area contributed by atoms with Gasteiger partial charge in [-0.1, -0.05) is 46.0 Å². The second kappa shape index (κ2) is 10.1. The third-order valence-corrected chi connectivity index (χ3v) is 2.78. The lowest BCUT2D eigenvalue weighted by Crippen LogP contribution is -2.31. The smallest absolute Gasteiger partial charge is 0.308 e. The van der Waals surface area contributed by atoms with Crippen molar-refractivity contribution in [3.8, 4) is 0 Å². The molecule has 0 radical (unpaired) electrons. The lowest BCUT2D eigenvalue weighted by molar-refractivity contribution is -0.141. The normalized spacial score (nSPS) is 12.1. The molecule has 1 unspecified atom stereocenters. The van der Waals surface area contributed by atoms with E-state index in [1.165, 1.54) is 25.7 Å². The Balaban J connectivity index is 3.38. The molecule has 0 spiro atoms. The second-order valence-electron chi connectivity index (χ2n) is 4.56. The van der Waals surface area contributed by atoms with Gasteiger partial charge in [0.1, 0.15) is 0 Å². The van der Waals surface area contributed by atoms with E-state index in [1.54, 1.807) is 6.92 Å². The molecule has 0 fully saturated rings. The molecule has 0 aliphatic heterocycles. The average molecular weight is 243 g/mol. The van der Waals surface area contributed by atoms with Gasteiger partial charge in [-0.05, 0) is 6.42 Å². The minimum Gasteiger partial charge on any atom is -0.481 e. The Morgan fingerprint density at radius 2 is 1.71 bits per heavy atom. The molecule has 1 amide bonds. The van der Waals surface area contributed by atoms with E-state index < -0.39 is 11.9 Å². The fourth-order valence-corrected chi connectivity index (χ4v) is 1.51. The molecule has 0 heterocycles.